The predicted octanol–water partition coefficient (Wildman–Crippen LogP) is 9.06. The van der Waals surface area contributed by atoms with Crippen LogP contribution in [0.25, 0.3) is 34.3 Å². The number of H-pyrrole nitrogens is 1. The van der Waals surface area contributed by atoms with Crippen LogP contribution >= 0.6 is 0 Å². The summed E-state index contributed by atoms with van der Waals surface area (Å²) in [5.41, 5.74) is 1.52. The van der Waals surface area contributed by atoms with Crippen molar-refractivity contribution in [3.05, 3.63) is 83.2 Å². The molecule has 2 N–H and O–H groups in total. The molecule has 0 bridgehead atoms. The second-order valence-electron chi connectivity index (χ2n) is 11.4. The Morgan fingerprint density at radius 3 is 2.18 bits per heavy atom. The third kappa shape index (κ3) is 6.88. The van der Waals surface area contributed by atoms with E-state index >= 15 is 0 Å². The van der Waals surface area contributed by atoms with Crippen molar-refractivity contribution in [3.63, 3.8) is 0 Å². The molecule has 204 valence electrons. The summed E-state index contributed by atoms with van der Waals surface area (Å²) in [5, 5.41) is 2.58. The molecule has 0 atom stereocenters. The third-order valence-electron chi connectivity index (χ3n) is 6.01. The molecule has 8 heteroatoms. The van der Waals surface area contributed by atoms with Crippen molar-refractivity contribution in [1.82, 2.24) is 9.97 Å². The van der Waals surface area contributed by atoms with Gasteiger partial charge in [-0.15, -0.1) is 0 Å². The SMILES string of the molecule is CC(C)(C)OC(=O)Nc1ccccc1-c1cc2nc(C=Cc3ccc(C(C)(C)C)cc3)[nH]c2cc1C(F)(F)F. The number of aromatic nitrogens is 2. The zero-order chi connectivity index (χ0) is 28.6. The molecule has 5 nitrogen and oxygen atoms in total. The highest BCUT2D eigenvalue weighted by Gasteiger charge is 2.35. The highest BCUT2D eigenvalue weighted by atomic mass is 19.4. The Labute approximate surface area is 226 Å². The van der Waals surface area contributed by atoms with Crippen molar-refractivity contribution in [1.29, 1.82) is 0 Å². The van der Waals surface area contributed by atoms with Crippen LogP contribution in [0.1, 0.15) is 64.1 Å². The maximum atomic E-state index is 14.2. The maximum Gasteiger partial charge on any atom is 0.417 e. The second kappa shape index (κ2) is 10.2. The molecule has 0 radical (unpaired) electrons. The first-order valence-electron chi connectivity index (χ1n) is 12.6. The maximum absolute atomic E-state index is 14.2. The van der Waals surface area contributed by atoms with Gasteiger partial charge in [-0.3, -0.25) is 5.32 Å². The molecule has 0 saturated heterocycles. The van der Waals surface area contributed by atoms with E-state index in [1.807, 2.05) is 18.2 Å². The molecule has 1 heterocycles. The van der Waals surface area contributed by atoms with Crippen LogP contribution in [0.3, 0.4) is 0 Å². The van der Waals surface area contributed by atoms with Crippen molar-refractivity contribution < 1.29 is 22.7 Å². The summed E-state index contributed by atoms with van der Waals surface area (Å²) in [4.78, 5) is 19.9. The number of hydrogen-bond donors (Lipinski definition) is 2. The number of alkyl halides is 3. The normalized spacial score (nSPS) is 12.7. The number of hydrogen-bond acceptors (Lipinski definition) is 3. The number of para-hydroxylation sites is 1. The zero-order valence-electron chi connectivity index (χ0n) is 22.8. The quantitative estimate of drug-likeness (QED) is 0.274. The molecule has 1 amide bonds. The van der Waals surface area contributed by atoms with Gasteiger partial charge in [0.1, 0.15) is 11.4 Å². The van der Waals surface area contributed by atoms with Crippen LogP contribution in [0.4, 0.5) is 23.7 Å². The van der Waals surface area contributed by atoms with Crippen molar-refractivity contribution in [2.24, 2.45) is 0 Å². The Balaban J connectivity index is 1.72. The van der Waals surface area contributed by atoms with E-state index in [0.717, 1.165) is 11.6 Å². The largest absolute Gasteiger partial charge is 0.444 e. The molecule has 3 aromatic carbocycles. The van der Waals surface area contributed by atoms with E-state index < -0.39 is 23.4 Å². The standard InChI is InChI=1S/C31H32F3N3O2/c1-29(2,3)20-14-11-19(12-15-20)13-16-27-35-25-17-22(23(31(32,33)34)18-26(25)36-27)21-9-7-8-10-24(21)37-28(38)39-30(4,5)6/h7-18H,1-6H3,(H,35,36)(H,37,38). The van der Waals surface area contributed by atoms with Crippen LogP contribution in [-0.2, 0) is 16.3 Å². The fourth-order valence-electron chi connectivity index (χ4n) is 4.12. The average Bonchev–Trinajstić information content (AvgIpc) is 3.22. The molecule has 0 fully saturated rings. The van der Waals surface area contributed by atoms with E-state index in [2.05, 4.69) is 48.2 Å². The van der Waals surface area contributed by atoms with E-state index in [0.29, 0.717) is 11.3 Å². The first-order chi connectivity index (χ1) is 18.1. The van der Waals surface area contributed by atoms with Crippen LogP contribution in [0, 0.1) is 0 Å². The smallest absolute Gasteiger partial charge is 0.417 e. The van der Waals surface area contributed by atoms with Crippen LogP contribution in [0.2, 0.25) is 0 Å². The number of halogens is 3. The molecule has 4 aromatic rings. The molecule has 0 aliphatic rings. The molecule has 0 spiro atoms. The summed E-state index contributed by atoms with van der Waals surface area (Å²) in [7, 11) is 0. The summed E-state index contributed by atoms with van der Waals surface area (Å²) >= 11 is 0. The van der Waals surface area contributed by atoms with Gasteiger partial charge in [-0.25, -0.2) is 9.78 Å². The Morgan fingerprint density at radius 1 is 0.897 bits per heavy atom. The lowest BCUT2D eigenvalue weighted by atomic mass is 9.87. The molecule has 0 unspecified atom stereocenters. The first kappa shape index (κ1) is 28.0. The van der Waals surface area contributed by atoms with Gasteiger partial charge in [0, 0.05) is 5.56 Å². The lowest BCUT2D eigenvalue weighted by molar-refractivity contribution is -0.137. The highest BCUT2D eigenvalue weighted by molar-refractivity contribution is 5.95. The van der Waals surface area contributed by atoms with E-state index in [1.54, 1.807) is 39.0 Å². The fraction of sp³-hybridized carbons (Fsp3) is 0.290. The number of carbonyl (C=O) groups excluding carboxylic acids is 1. The fourth-order valence-corrected chi connectivity index (χ4v) is 4.12. The summed E-state index contributed by atoms with van der Waals surface area (Å²) in [6.45, 7) is 11.5. The van der Waals surface area contributed by atoms with Gasteiger partial charge in [0.05, 0.1) is 22.3 Å². The van der Waals surface area contributed by atoms with Gasteiger partial charge in [-0.05, 0) is 67.2 Å². The van der Waals surface area contributed by atoms with Gasteiger partial charge >= 0.3 is 12.3 Å². The van der Waals surface area contributed by atoms with Crippen LogP contribution in [0.15, 0.2) is 60.7 Å². The summed E-state index contributed by atoms with van der Waals surface area (Å²) in [5.74, 6) is 0.426. The van der Waals surface area contributed by atoms with E-state index in [4.69, 9.17) is 4.74 Å². The number of nitrogens with one attached hydrogen (secondary N) is 2. The van der Waals surface area contributed by atoms with Gasteiger partial charge in [0.2, 0.25) is 0 Å². The summed E-state index contributed by atoms with van der Waals surface area (Å²) < 4.78 is 47.9. The number of benzene rings is 3. The number of amides is 1. The lowest BCUT2D eigenvalue weighted by Crippen LogP contribution is -2.27. The van der Waals surface area contributed by atoms with Crippen molar-refractivity contribution in [2.75, 3.05) is 5.32 Å². The molecule has 0 aliphatic heterocycles. The Kier molecular flexibility index (Phi) is 7.34. The van der Waals surface area contributed by atoms with Crippen molar-refractivity contribution >= 4 is 35.0 Å². The molecular formula is C31H32F3N3O2. The second-order valence-corrected chi connectivity index (χ2v) is 11.4. The van der Waals surface area contributed by atoms with Crippen LogP contribution < -0.4 is 5.32 Å². The van der Waals surface area contributed by atoms with Crippen molar-refractivity contribution in [2.45, 2.75) is 58.7 Å². The Bertz CT molecular complexity index is 1520. The van der Waals surface area contributed by atoms with Gasteiger partial charge in [0.15, 0.2) is 0 Å². The Morgan fingerprint density at radius 2 is 1.56 bits per heavy atom. The number of anilines is 1. The average molecular weight is 536 g/mol. The number of nitrogens with zero attached hydrogens (tertiary/aromatic N) is 1. The number of rotatable bonds is 4. The number of carbonyl (C=O) groups is 1. The predicted molar refractivity (Wildman–Crippen MR) is 150 cm³/mol. The lowest BCUT2D eigenvalue weighted by Gasteiger charge is -2.21. The third-order valence-corrected chi connectivity index (χ3v) is 6.01. The van der Waals surface area contributed by atoms with E-state index in [-0.39, 0.29) is 27.7 Å². The first-order valence-corrected chi connectivity index (χ1v) is 12.6. The zero-order valence-corrected chi connectivity index (χ0v) is 22.8. The molecule has 39 heavy (non-hydrogen) atoms. The van der Waals surface area contributed by atoms with E-state index in [9.17, 15) is 18.0 Å². The number of imidazole rings is 1. The number of aromatic amines is 1. The minimum Gasteiger partial charge on any atom is -0.444 e. The van der Waals surface area contributed by atoms with Crippen LogP contribution in [-0.4, -0.2) is 21.7 Å². The minimum atomic E-state index is -4.64. The van der Waals surface area contributed by atoms with Crippen molar-refractivity contribution in [3.8, 4) is 11.1 Å². The monoisotopic (exact) mass is 535 g/mol. The van der Waals surface area contributed by atoms with Gasteiger partial charge in [0.25, 0.3) is 0 Å². The minimum absolute atomic E-state index is 0.0376. The van der Waals surface area contributed by atoms with Gasteiger partial charge in [-0.2, -0.15) is 13.2 Å². The number of fused-ring (bicyclic) bond motifs is 1. The van der Waals surface area contributed by atoms with Gasteiger partial charge in [-0.1, -0.05) is 69.3 Å². The Hall–Kier alpha value is -4.07. The summed E-state index contributed by atoms with van der Waals surface area (Å²) in [6, 6.07) is 16.9. The summed E-state index contributed by atoms with van der Waals surface area (Å²) in [6.07, 6.45) is -1.81. The molecule has 0 aliphatic carbocycles. The van der Waals surface area contributed by atoms with Gasteiger partial charge < -0.3 is 9.72 Å². The topological polar surface area (TPSA) is 67.0 Å². The molecule has 1 aromatic heterocycles. The number of ether oxygens (including phenoxy) is 1. The molecule has 4 rings (SSSR count). The van der Waals surface area contributed by atoms with Crippen LogP contribution in [0.5, 0.6) is 0 Å². The molecule has 0 saturated carbocycles. The highest BCUT2D eigenvalue weighted by Crippen LogP contribution is 2.41. The molecular weight excluding hydrogens is 503 g/mol. The van der Waals surface area contributed by atoms with E-state index in [1.165, 1.54) is 23.8 Å².